The van der Waals surface area contributed by atoms with Crippen molar-refractivity contribution in [3.63, 3.8) is 0 Å². The zero-order valence-corrected chi connectivity index (χ0v) is 15.3. The number of methoxy groups -OCH3 is 1. The molecule has 1 heterocycles. The Labute approximate surface area is 159 Å². The maximum Gasteiger partial charge on any atom is 0.186 e. The summed E-state index contributed by atoms with van der Waals surface area (Å²) in [5.74, 6) is 0. The largest absolute Gasteiger partial charge is 0.394 e. The fourth-order valence-corrected chi connectivity index (χ4v) is 3.13. The molecule has 1 saturated heterocycles. The highest BCUT2D eigenvalue weighted by atomic mass is 16.7. The van der Waals surface area contributed by atoms with Crippen LogP contribution in [0.5, 0.6) is 0 Å². The number of ether oxygens (including phenoxy) is 4. The SMILES string of the molecule is CO[C@H]1O[C@H](CO)[C@@H](O)[C@@H](OCc2ccccc2)[C@@H]1OCc1ccccc1. The fraction of sp³-hybridized carbons (Fsp3) is 0.429. The Morgan fingerprint density at radius 1 is 0.852 bits per heavy atom. The van der Waals surface area contributed by atoms with E-state index in [9.17, 15) is 10.2 Å². The highest BCUT2D eigenvalue weighted by Crippen LogP contribution is 2.28. The van der Waals surface area contributed by atoms with E-state index in [0.29, 0.717) is 13.2 Å². The lowest BCUT2D eigenvalue weighted by Gasteiger charge is -2.43. The minimum Gasteiger partial charge on any atom is -0.394 e. The zero-order chi connectivity index (χ0) is 19.1. The number of hydrogen-bond acceptors (Lipinski definition) is 6. The molecule has 0 saturated carbocycles. The average Bonchev–Trinajstić information content (AvgIpc) is 2.73. The van der Waals surface area contributed by atoms with Crippen LogP contribution in [0.25, 0.3) is 0 Å². The highest BCUT2D eigenvalue weighted by molar-refractivity contribution is 5.14. The number of benzene rings is 2. The van der Waals surface area contributed by atoms with Gasteiger partial charge < -0.3 is 29.2 Å². The topological polar surface area (TPSA) is 77.4 Å². The first-order valence-electron chi connectivity index (χ1n) is 9.01. The maximum absolute atomic E-state index is 10.6. The van der Waals surface area contributed by atoms with Gasteiger partial charge in [0, 0.05) is 7.11 Å². The van der Waals surface area contributed by atoms with E-state index in [1.54, 1.807) is 0 Å². The molecule has 0 spiro atoms. The molecule has 1 aliphatic rings. The van der Waals surface area contributed by atoms with E-state index >= 15 is 0 Å². The molecule has 0 aliphatic carbocycles. The summed E-state index contributed by atoms with van der Waals surface area (Å²) in [7, 11) is 1.50. The molecule has 2 aromatic rings. The van der Waals surface area contributed by atoms with Gasteiger partial charge in [-0.2, -0.15) is 0 Å². The number of rotatable bonds is 8. The van der Waals surface area contributed by atoms with Gasteiger partial charge >= 0.3 is 0 Å². The summed E-state index contributed by atoms with van der Waals surface area (Å²) < 4.78 is 23.1. The van der Waals surface area contributed by atoms with Gasteiger partial charge in [0.25, 0.3) is 0 Å². The molecule has 0 aromatic heterocycles. The van der Waals surface area contributed by atoms with Crippen LogP contribution >= 0.6 is 0 Å². The van der Waals surface area contributed by atoms with Crippen molar-refractivity contribution in [1.82, 2.24) is 0 Å². The summed E-state index contributed by atoms with van der Waals surface area (Å²) in [5.41, 5.74) is 1.97. The van der Waals surface area contributed by atoms with Crippen LogP contribution in [0.1, 0.15) is 11.1 Å². The standard InChI is InChI=1S/C21H26O6/c1-24-21-20(26-14-16-10-6-3-7-11-16)19(18(23)17(12-22)27-21)25-13-15-8-4-2-5-9-15/h2-11,17-23H,12-14H2,1H3/t17-,18-,19-,20+,21+/m1/s1. The summed E-state index contributed by atoms with van der Waals surface area (Å²) in [4.78, 5) is 0. The predicted octanol–water partition coefficient (Wildman–Crippen LogP) is 1.88. The van der Waals surface area contributed by atoms with Gasteiger partial charge in [-0.25, -0.2) is 0 Å². The van der Waals surface area contributed by atoms with Crippen LogP contribution in [0.4, 0.5) is 0 Å². The Morgan fingerprint density at radius 2 is 1.37 bits per heavy atom. The van der Waals surface area contributed by atoms with Crippen molar-refractivity contribution in [3.8, 4) is 0 Å². The van der Waals surface area contributed by atoms with Gasteiger partial charge in [0.05, 0.1) is 19.8 Å². The highest BCUT2D eigenvalue weighted by Gasteiger charge is 2.46. The van der Waals surface area contributed by atoms with Gasteiger partial charge in [-0.15, -0.1) is 0 Å². The summed E-state index contributed by atoms with van der Waals surface area (Å²) in [6.07, 6.45) is -3.94. The lowest BCUT2D eigenvalue weighted by atomic mass is 9.98. The van der Waals surface area contributed by atoms with Crippen molar-refractivity contribution in [2.75, 3.05) is 13.7 Å². The van der Waals surface area contributed by atoms with Crippen LogP contribution in [0.2, 0.25) is 0 Å². The van der Waals surface area contributed by atoms with Crippen LogP contribution in [0.15, 0.2) is 60.7 Å². The van der Waals surface area contributed by atoms with Crippen LogP contribution in [0.3, 0.4) is 0 Å². The Hall–Kier alpha value is -1.80. The zero-order valence-electron chi connectivity index (χ0n) is 15.3. The van der Waals surface area contributed by atoms with Crippen molar-refractivity contribution >= 4 is 0 Å². The third-order valence-electron chi connectivity index (χ3n) is 4.60. The summed E-state index contributed by atoms with van der Waals surface area (Å²) in [6.45, 7) is 0.302. The summed E-state index contributed by atoms with van der Waals surface area (Å²) in [6, 6.07) is 19.4. The molecule has 3 rings (SSSR count). The van der Waals surface area contributed by atoms with Crippen molar-refractivity contribution in [2.45, 2.75) is 43.9 Å². The van der Waals surface area contributed by atoms with E-state index < -0.39 is 30.7 Å². The number of hydrogen-bond donors (Lipinski definition) is 2. The quantitative estimate of drug-likeness (QED) is 0.735. The minimum atomic E-state index is -1.04. The maximum atomic E-state index is 10.6. The molecule has 146 valence electrons. The smallest absolute Gasteiger partial charge is 0.186 e. The second-order valence-electron chi connectivity index (χ2n) is 6.47. The monoisotopic (exact) mass is 374 g/mol. The van der Waals surface area contributed by atoms with Gasteiger partial charge in [0.15, 0.2) is 6.29 Å². The second kappa shape index (κ2) is 9.94. The molecule has 0 radical (unpaired) electrons. The molecule has 6 nitrogen and oxygen atoms in total. The molecular formula is C21H26O6. The van der Waals surface area contributed by atoms with Crippen LogP contribution in [0, 0.1) is 0 Å². The fourth-order valence-electron chi connectivity index (χ4n) is 3.13. The van der Waals surface area contributed by atoms with Gasteiger partial charge in [0.2, 0.25) is 0 Å². The van der Waals surface area contributed by atoms with E-state index in [-0.39, 0.29) is 6.61 Å². The molecule has 2 N–H and O–H groups in total. The van der Waals surface area contributed by atoms with Crippen molar-refractivity contribution in [3.05, 3.63) is 71.8 Å². The normalized spacial score (nSPS) is 28.2. The molecule has 5 atom stereocenters. The minimum absolute atomic E-state index is 0.308. The van der Waals surface area contributed by atoms with E-state index in [1.807, 2.05) is 60.7 Å². The lowest BCUT2D eigenvalue weighted by molar-refractivity contribution is -0.314. The molecule has 0 unspecified atom stereocenters. The van der Waals surface area contributed by atoms with E-state index in [4.69, 9.17) is 18.9 Å². The molecule has 0 amide bonds. The number of aliphatic hydroxyl groups is 2. The summed E-state index contributed by atoms with van der Waals surface area (Å²) in [5, 5.41) is 20.2. The van der Waals surface area contributed by atoms with Crippen LogP contribution in [-0.2, 0) is 32.2 Å². The van der Waals surface area contributed by atoms with Gasteiger partial charge in [-0.1, -0.05) is 60.7 Å². The first kappa shape index (κ1) is 19.9. The molecule has 2 aromatic carbocycles. The van der Waals surface area contributed by atoms with Crippen molar-refractivity contribution in [1.29, 1.82) is 0 Å². The Bertz CT molecular complexity index is 665. The molecule has 1 aliphatic heterocycles. The molecule has 0 bridgehead atoms. The van der Waals surface area contributed by atoms with Crippen molar-refractivity contribution < 1.29 is 29.2 Å². The predicted molar refractivity (Wildman–Crippen MR) is 98.8 cm³/mol. The first-order valence-corrected chi connectivity index (χ1v) is 9.01. The third-order valence-corrected chi connectivity index (χ3v) is 4.60. The number of aliphatic hydroxyl groups excluding tert-OH is 2. The Morgan fingerprint density at radius 3 is 1.85 bits per heavy atom. The van der Waals surface area contributed by atoms with Crippen LogP contribution in [-0.4, -0.2) is 54.6 Å². The Balaban J connectivity index is 1.73. The second-order valence-corrected chi connectivity index (χ2v) is 6.47. The van der Waals surface area contributed by atoms with E-state index in [0.717, 1.165) is 11.1 Å². The Kier molecular flexibility index (Phi) is 7.34. The molecule has 1 fully saturated rings. The van der Waals surface area contributed by atoms with Gasteiger partial charge in [-0.3, -0.25) is 0 Å². The van der Waals surface area contributed by atoms with E-state index in [1.165, 1.54) is 7.11 Å². The molecular weight excluding hydrogens is 348 g/mol. The summed E-state index contributed by atoms with van der Waals surface area (Å²) >= 11 is 0. The molecule has 27 heavy (non-hydrogen) atoms. The van der Waals surface area contributed by atoms with Gasteiger partial charge in [0.1, 0.15) is 24.4 Å². The van der Waals surface area contributed by atoms with Gasteiger partial charge in [-0.05, 0) is 11.1 Å². The van der Waals surface area contributed by atoms with E-state index in [2.05, 4.69) is 0 Å². The first-order chi connectivity index (χ1) is 13.2. The average molecular weight is 374 g/mol. The van der Waals surface area contributed by atoms with Crippen molar-refractivity contribution in [2.24, 2.45) is 0 Å². The third kappa shape index (κ3) is 5.13. The molecule has 6 heteroatoms. The lowest BCUT2D eigenvalue weighted by Crippen LogP contribution is -2.60. The van der Waals surface area contributed by atoms with Crippen LogP contribution < -0.4 is 0 Å².